The summed E-state index contributed by atoms with van der Waals surface area (Å²) in [6, 6.07) is 8.27. The van der Waals surface area contributed by atoms with Crippen LogP contribution in [0.25, 0.3) is 6.08 Å². The zero-order valence-corrected chi connectivity index (χ0v) is 21.5. The molecule has 1 amide bonds. The van der Waals surface area contributed by atoms with Gasteiger partial charge in [-0.25, -0.2) is 22.0 Å². The van der Waals surface area contributed by atoms with Crippen molar-refractivity contribution in [1.29, 1.82) is 0 Å². The summed E-state index contributed by atoms with van der Waals surface area (Å²) < 4.78 is 91.9. The van der Waals surface area contributed by atoms with Gasteiger partial charge in [-0.2, -0.15) is 10.1 Å². The second kappa shape index (κ2) is 10.7. The summed E-state index contributed by atoms with van der Waals surface area (Å²) in [5, 5.41) is 3.98. The molecule has 0 saturated heterocycles. The minimum Gasteiger partial charge on any atom is -0.490 e. The number of fused-ring (bicyclic) bond motifs is 1. The third-order valence-electron chi connectivity index (χ3n) is 5.92. The number of anilines is 1. The van der Waals surface area contributed by atoms with Gasteiger partial charge in [0.15, 0.2) is 46.3 Å². The number of carbonyl (C=O) groups is 1. The van der Waals surface area contributed by atoms with Crippen molar-refractivity contribution in [3.8, 4) is 23.0 Å². The van der Waals surface area contributed by atoms with Crippen molar-refractivity contribution in [3.63, 3.8) is 0 Å². The lowest BCUT2D eigenvalue weighted by Gasteiger charge is -2.16. The van der Waals surface area contributed by atoms with Crippen LogP contribution in [0.3, 0.4) is 0 Å². The number of nitrogens with zero attached hydrogens (tertiary/aromatic N) is 2. The molecule has 0 N–H and O–H groups in total. The van der Waals surface area contributed by atoms with Crippen LogP contribution in [-0.2, 0) is 11.4 Å². The van der Waals surface area contributed by atoms with Gasteiger partial charge >= 0.3 is 0 Å². The molecule has 3 aromatic carbocycles. The second-order valence-corrected chi connectivity index (χ2v) is 8.93. The number of rotatable bonds is 7. The minimum absolute atomic E-state index is 0.0360. The average Bonchev–Trinajstić information content (AvgIpc) is 3.50. The van der Waals surface area contributed by atoms with Crippen molar-refractivity contribution >= 4 is 35.0 Å². The standard InChI is InChI=1S/C27H18ClF5N2O5/c1-3-37-19-9-14(7-16(28)26(19)38-10-13-4-5-17-18(8-13)40-11-39-17)6-15-12(2)34-35(27(15)36)25-23(32)21(30)20(29)22(31)24(25)33/h4-9H,3,10-11H2,1-2H3/b15-6+. The maximum atomic E-state index is 14.3. The van der Waals surface area contributed by atoms with E-state index < -0.39 is 40.7 Å². The van der Waals surface area contributed by atoms with Gasteiger partial charge in [-0.1, -0.05) is 17.7 Å². The van der Waals surface area contributed by atoms with Gasteiger partial charge in [-0.3, -0.25) is 4.79 Å². The first-order valence-electron chi connectivity index (χ1n) is 11.7. The molecule has 0 bridgehead atoms. The van der Waals surface area contributed by atoms with E-state index in [0.29, 0.717) is 17.1 Å². The SMILES string of the molecule is CCOc1cc(/C=C2/C(=O)N(c3c(F)c(F)c(F)c(F)c3F)N=C2C)cc(Cl)c1OCc1ccc2c(c1)OCO2. The van der Waals surface area contributed by atoms with E-state index in [-0.39, 0.29) is 52.8 Å². The molecule has 7 nitrogen and oxygen atoms in total. The lowest BCUT2D eigenvalue weighted by Crippen LogP contribution is -2.25. The van der Waals surface area contributed by atoms with E-state index in [1.54, 1.807) is 25.1 Å². The van der Waals surface area contributed by atoms with E-state index >= 15 is 0 Å². The van der Waals surface area contributed by atoms with Crippen LogP contribution in [0.2, 0.25) is 5.02 Å². The lowest BCUT2D eigenvalue weighted by atomic mass is 10.1. The van der Waals surface area contributed by atoms with Gasteiger partial charge in [0.25, 0.3) is 5.91 Å². The van der Waals surface area contributed by atoms with E-state index in [0.717, 1.165) is 5.56 Å². The minimum atomic E-state index is -2.35. The van der Waals surface area contributed by atoms with Gasteiger partial charge in [0.2, 0.25) is 12.6 Å². The highest BCUT2D eigenvalue weighted by Crippen LogP contribution is 2.40. The Bertz CT molecular complexity index is 1580. The molecule has 13 heteroatoms. The highest BCUT2D eigenvalue weighted by atomic mass is 35.5. The molecule has 5 rings (SSSR count). The van der Waals surface area contributed by atoms with Crippen molar-refractivity contribution in [2.24, 2.45) is 5.10 Å². The Hall–Kier alpha value is -4.32. The molecular weight excluding hydrogens is 563 g/mol. The molecule has 2 heterocycles. The Morgan fingerprint density at radius 3 is 2.35 bits per heavy atom. The van der Waals surface area contributed by atoms with Crippen LogP contribution in [0.4, 0.5) is 27.6 Å². The largest absolute Gasteiger partial charge is 0.490 e. The Labute approximate surface area is 229 Å². The maximum Gasteiger partial charge on any atom is 0.280 e. The highest BCUT2D eigenvalue weighted by Gasteiger charge is 2.37. The van der Waals surface area contributed by atoms with Crippen molar-refractivity contribution in [1.82, 2.24) is 0 Å². The first-order chi connectivity index (χ1) is 19.1. The van der Waals surface area contributed by atoms with E-state index in [1.807, 2.05) is 0 Å². The summed E-state index contributed by atoms with van der Waals surface area (Å²) in [6.07, 6.45) is 1.29. The topological polar surface area (TPSA) is 69.6 Å². The maximum absolute atomic E-state index is 14.3. The number of hydrogen-bond donors (Lipinski definition) is 0. The number of hydrogen-bond acceptors (Lipinski definition) is 6. The molecule has 2 aliphatic rings. The molecule has 3 aromatic rings. The van der Waals surface area contributed by atoms with Crippen molar-refractivity contribution < 1.29 is 45.7 Å². The smallest absolute Gasteiger partial charge is 0.280 e. The summed E-state index contributed by atoms with van der Waals surface area (Å²) in [5.41, 5.74) is -0.598. The van der Waals surface area contributed by atoms with Crippen LogP contribution in [0, 0.1) is 29.1 Å². The van der Waals surface area contributed by atoms with Crippen molar-refractivity contribution in [3.05, 3.63) is 81.1 Å². The summed E-state index contributed by atoms with van der Waals surface area (Å²) in [5.74, 6) is -10.6. The second-order valence-electron chi connectivity index (χ2n) is 8.52. The summed E-state index contributed by atoms with van der Waals surface area (Å²) >= 11 is 6.48. The number of benzene rings is 3. The lowest BCUT2D eigenvalue weighted by molar-refractivity contribution is -0.114. The van der Waals surface area contributed by atoms with Crippen LogP contribution >= 0.6 is 11.6 Å². The third kappa shape index (κ3) is 4.79. The Balaban J connectivity index is 1.44. The average molecular weight is 581 g/mol. The molecular formula is C27H18ClF5N2O5. The zero-order valence-electron chi connectivity index (χ0n) is 20.8. The molecule has 0 aromatic heterocycles. The normalized spacial score (nSPS) is 15.2. The van der Waals surface area contributed by atoms with E-state index in [9.17, 15) is 26.7 Å². The number of carbonyl (C=O) groups excluding carboxylic acids is 1. The van der Waals surface area contributed by atoms with Crippen LogP contribution in [0.1, 0.15) is 25.0 Å². The monoisotopic (exact) mass is 580 g/mol. The first kappa shape index (κ1) is 27.3. The van der Waals surface area contributed by atoms with Crippen LogP contribution in [0.5, 0.6) is 23.0 Å². The Kier molecular flexibility index (Phi) is 7.28. The first-order valence-corrected chi connectivity index (χ1v) is 12.1. The van der Waals surface area contributed by atoms with E-state index in [4.69, 9.17) is 30.5 Å². The zero-order chi connectivity index (χ0) is 28.7. The molecule has 208 valence electrons. The Morgan fingerprint density at radius 2 is 1.65 bits per heavy atom. The summed E-state index contributed by atoms with van der Waals surface area (Å²) in [4.78, 5) is 13.0. The number of halogens is 6. The molecule has 0 fully saturated rings. The molecule has 0 aliphatic carbocycles. The van der Waals surface area contributed by atoms with Gasteiger partial charge in [0, 0.05) is 0 Å². The highest BCUT2D eigenvalue weighted by molar-refractivity contribution is 6.33. The fourth-order valence-corrected chi connectivity index (χ4v) is 4.32. The molecule has 0 unspecified atom stereocenters. The third-order valence-corrected chi connectivity index (χ3v) is 6.20. The van der Waals surface area contributed by atoms with Gasteiger partial charge < -0.3 is 18.9 Å². The molecule has 0 saturated carbocycles. The quantitative estimate of drug-likeness (QED) is 0.137. The molecule has 0 spiro atoms. The van der Waals surface area contributed by atoms with Crippen molar-refractivity contribution in [2.75, 3.05) is 18.4 Å². The molecule has 2 aliphatic heterocycles. The molecule has 40 heavy (non-hydrogen) atoms. The van der Waals surface area contributed by atoms with Gasteiger partial charge in [-0.15, -0.1) is 0 Å². The van der Waals surface area contributed by atoms with Gasteiger partial charge in [0.05, 0.1) is 22.9 Å². The number of ether oxygens (including phenoxy) is 4. The fraction of sp³-hybridized carbons (Fsp3) is 0.185. The summed E-state index contributed by atoms with van der Waals surface area (Å²) in [6.45, 7) is 3.55. The number of amides is 1. The van der Waals surface area contributed by atoms with E-state index in [1.165, 1.54) is 25.1 Å². The Morgan fingerprint density at radius 1 is 0.975 bits per heavy atom. The number of hydrazone groups is 1. The predicted octanol–water partition coefficient (Wildman–Crippen LogP) is 6.55. The predicted molar refractivity (Wildman–Crippen MR) is 134 cm³/mol. The summed E-state index contributed by atoms with van der Waals surface area (Å²) in [7, 11) is 0. The van der Waals surface area contributed by atoms with Crippen molar-refractivity contribution in [2.45, 2.75) is 20.5 Å². The van der Waals surface area contributed by atoms with Gasteiger partial charge in [0.1, 0.15) is 12.3 Å². The van der Waals surface area contributed by atoms with Crippen LogP contribution in [-0.4, -0.2) is 25.0 Å². The molecule has 0 atom stereocenters. The van der Waals surface area contributed by atoms with Crippen LogP contribution < -0.4 is 24.0 Å². The molecule has 0 radical (unpaired) electrons. The fourth-order valence-electron chi connectivity index (χ4n) is 4.04. The van der Waals surface area contributed by atoms with E-state index in [2.05, 4.69) is 5.10 Å². The van der Waals surface area contributed by atoms with Gasteiger partial charge in [-0.05, 0) is 55.3 Å². The van der Waals surface area contributed by atoms with Crippen LogP contribution in [0.15, 0.2) is 41.0 Å².